The third kappa shape index (κ3) is 3.34. The van der Waals surface area contributed by atoms with Crippen LogP contribution in [0.5, 0.6) is 5.75 Å². The van der Waals surface area contributed by atoms with E-state index in [2.05, 4.69) is 44.8 Å². The van der Waals surface area contributed by atoms with E-state index in [1.807, 2.05) is 25.1 Å². The van der Waals surface area contributed by atoms with Gasteiger partial charge in [0, 0.05) is 27.8 Å². The van der Waals surface area contributed by atoms with E-state index in [0.29, 0.717) is 5.75 Å². The van der Waals surface area contributed by atoms with Crippen LogP contribution in [0.3, 0.4) is 0 Å². The number of rotatable bonds is 2. The molecule has 0 fully saturated rings. The summed E-state index contributed by atoms with van der Waals surface area (Å²) in [6.45, 7) is 10.5. The van der Waals surface area contributed by atoms with Gasteiger partial charge in [-0.15, -0.1) is 12.4 Å². The zero-order chi connectivity index (χ0) is 17.6. The molecule has 0 spiro atoms. The molecule has 0 bridgehead atoms. The maximum absolute atomic E-state index is 10.5. The lowest BCUT2D eigenvalue weighted by molar-refractivity contribution is 0.443. The van der Waals surface area contributed by atoms with E-state index in [4.69, 9.17) is 5.73 Å². The van der Waals surface area contributed by atoms with E-state index in [9.17, 15) is 5.11 Å². The second-order valence-corrected chi connectivity index (χ2v) is 7.58. The first-order valence-electron chi connectivity index (χ1n) is 8.47. The molecular formula is C21H27ClN2O. The van der Waals surface area contributed by atoms with Gasteiger partial charge in [0.2, 0.25) is 0 Å². The molecule has 0 radical (unpaired) electrons. The quantitative estimate of drug-likeness (QED) is 0.513. The van der Waals surface area contributed by atoms with Crippen LogP contribution in [0.1, 0.15) is 44.4 Å². The molecule has 25 heavy (non-hydrogen) atoms. The van der Waals surface area contributed by atoms with E-state index in [0.717, 1.165) is 40.0 Å². The minimum atomic E-state index is -0.117. The molecule has 0 atom stereocenters. The van der Waals surface area contributed by atoms with Gasteiger partial charge >= 0.3 is 0 Å². The van der Waals surface area contributed by atoms with Crippen molar-refractivity contribution in [3.05, 3.63) is 47.0 Å². The first kappa shape index (κ1) is 19.2. The molecule has 134 valence electrons. The Hall–Kier alpha value is -2.13. The predicted octanol–water partition coefficient (Wildman–Crippen LogP) is 5.71. The number of H-pyrrole nitrogens is 1. The Kier molecular flexibility index (Phi) is 5.10. The molecule has 0 aliphatic heterocycles. The zero-order valence-electron chi connectivity index (χ0n) is 15.5. The van der Waals surface area contributed by atoms with Gasteiger partial charge in [0.15, 0.2) is 0 Å². The smallest absolute Gasteiger partial charge is 0.122 e. The second-order valence-electron chi connectivity index (χ2n) is 7.58. The molecular weight excluding hydrogens is 332 g/mol. The number of hydrogen-bond donors (Lipinski definition) is 3. The van der Waals surface area contributed by atoms with E-state index in [1.54, 1.807) is 0 Å². The first-order valence-corrected chi connectivity index (χ1v) is 8.47. The van der Waals surface area contributed by atoms with Gasteiger partial charge in [-0.3, -0.25) is 0 Å². The Bertz CT molecular complexity index is 920. The Morgan fingerprint density at radius 3 is 2.40 bits per heavy atom. The van der Waals surface area contributed by atoms with Crippen LogP contribution in [0, 0.1) is 6.92 Å². The summed E-state index contributed by atoms with van der Waals surface area (Å²) in [6, 6.07) is 10.1. The van der Waals surface area contributed by atoms with Gasteiger partial charge in [0.1, 0.15) is 5.75 Å². The fraction of sp³-hybridized carbons (Fsp3) is 0.333. The molecule has 0 amide bonds. The van der Waals surface area contributed by atoms with Crippen LogP contribution >= 0.6 is 12.4 Å². The molecule has 0 aliphatic carbocycles. The monoisotopic (exact) mass is 358 g/mol. The van der Waals surface area contributed by atoms with Crippen LogP contribution in [0.4, 0.5) is 5.69 Å². The molecule has 1 heterocycles. The highest BCUT2D eigenvalue weighted by atomic mass is 35.5. The summed E-state index contributed by atoms with van der Waals surface area (Å²) in [5.41, 5.74) is 13.1. The average Bonchev–Trinajstić information content (AvgIpc) is 2.86. The van der Waals surface area contributed by atoms with Crippen LogP contribution in [0.25, 0.3) is 22.2 Å². The van der Waals surface area contributed by atoms with E-state index in [-0.39, 0.29) is 17.8 Å². The third-order valence-corrected chi connectivity index (χ3v) is 4.68. The van der Waals surface area contributed by atoms with Crippen molar-refractivity contribution in [2.24, 2.45) is 0 Å². The number of benzene rings is 2. The highest BCUT2D eigenvalue weighted by molar-refractivity contribution is 5.93. The van der Waals surface area contributed by atoms with Crippen molar-refractivity contribution in [1.82, 2.24) is 4.98 Å². The maximum Gasteiger partial charge on any atom is 0.122 e. The predicted molar refractivity (Wildman–Crippen MR) is 110 cm³/mol. The van der Waals surface area contributed by atoms with Crippen LogP contribution in [-0.2, 0) is 11.8 Å². The second kappa shape index (κ2) is 6.64. The van der Waals surface area contributed by atoms with Gasteiger partial charge in [-0.25, -0.2) is 0 Å². The van der Waals surface area contributed by atoms with Crippen molar-refractivity contribution < 1.29 is 5.11 Å². The average molecular weight is 359 g/mol. The molecule has 1 aromatic heterocycles. The Morgan fingerprint density at radius 2 is 1.80 bits per heavy atom. The Labute approximate surface area is 155 Å². The fourth-order valence-electron chi connectivity index (χ4n) is 3.37. The minimum Gasteiger partial charge on any atom is -0.507 e. The summed E-state index contributed by atoms with van der Waals surface area (Å²) >= 11 is 0. The summed E-state index contributed by atoms with van der Waals surface area (Å²) in [6.07, 6.45) is 0.920. The number of nitrogens with two attached hydrogens (primary N) is 1. The van der Waals surface area contributed by atoms with Crippen LogP contribution < -0.4 is 5.73 Å². The van der Waals surface area contributed by atoms with Gasteiger partial charge in [-0.05, 0) is 65.8 Å². The molecule has 2 aromatic carbocycles. The molecule has 0 saturated heterocycles. The van der Waals surface area contributed by atoms with Crippen molar-refractivity contribution >= 4 is 29.0 Å². The van der Waals surface area contributed by atoms with Gasteiger partial charge in [0.25, 0.3) is 0 Å². The van der Waals surface area contributed by atoms with E-state index in [1.165, 1.54) is 10.9 Å². The Morgan fingerprint density at radius 1 is 1.12 bits per heavy atom. The number of aromatic amines is 1. The highest BCUT2D eigenvalue weighted by Gasteiger charge is 2.22. The number of anilines is 1. The molecule has 3 nitrogen and oxygen atoms in total. The number of phenols is 1. The Balaban J connectivity index is 0.00000225. The van der Waals surface area contributed by atoms with Crippen LogP contribution in [0.2, 0.25) is 0 Å². The topological polar surface area (TPSA) is 62.0 Å². The number of halogens is 1. The summed E-state index contributed by atoms with van der Waals surface area (Å²) in [7, 11) is 0. The number of phenolic OH excluding ortho intramolecular Hbond substituents is 1. The van der Waals surface area contributed by atoms with Crippen molar-refractivity contribution in [2.45, 2.75) is 46.5 Å². The van der Waals surface area contributed by atoms with Crippen molar-refractivity contribution in [1.29, 1.82) is 0 Å². The van der Waals surface area contributed by atoms with Crippen molar-refractivity contribution in [2.75, 3.05) is 5.73 Å². The molecule has 4 heteroatoms. The lowest BCUT2D eigenvalue weighted by atomic mass is 9.83. The minimum absolute atomic E-state index is 0. The highest BCUT2D eigenvalue weighted by Crippen LogP contribution is 2.39. The molecule has 0 unspecified atom stereocenters. The molecule has 3 rings (SSSR count). The first-order chi connectivity index (χ1) is 11.2. The lowest BCUT2D eigenvalue weighted by Gasteiger charge is -2.22. The number of aryl methyl sites for hydroxylation is 2. The van der Waals surface area contributed by atoms with Crippen LogP contribution in [0.15, 0.2) is 30.3 Å². The number of nitrogens with one attached hydrogen (secondary N) is 1. The number of aromatic hydroxyl groups is 1. The standard InChI is InChI=1S/C21H26N2O.ClH/c1-6-15-16-11-14(22)7-8-18(16)23-19(15)13-9-12(2)20(24)17(10-13)21(3,4)5;/h7-11,23-24H,6,22H2,1-5H3;1H. The fourth-order valence-corrected chi connectivity index (χ4v) is 3.37. The summed E-state index contributed by atoms with van der Waals surface area (Å²) in [5, 5.41) is 11.7. The maximum atomic E-state index is 10.5. The summed E-state index contributed by atoms with van der Waals surface area (Å²) in [5.74, 6) is 0.393. The number of hydrogen-bond acceptors (Lipinski definition) is 2. The molecule has 3 aromatic rings. The normalized spacial score (nSPS) is 11.6. The SMILES string of the molecule is CCc1c(-c2cc(C)c(O)c(C(C)(C)C)c2)[nH]c2ccc(N)cc12.Cl. The number of nitrogen functional groups attached to an aromatic ring is 1. The largest absolute Gasteiger partial charge is 0.507 e. The lowest BCUT2D eigenvalue weighted by Crippen LogP contribution is -2.12. The van der Waals surface area contributed by atoms with Gasteiger partial charge < -0.3 is 15.8 Å². The van der Waals surface area contributed by atoms with Crippen LogP contribution in [-0.4, -0.2) is 10.1 Å². The van der Waals surface area contributed by atoms with Gasteiger partial charge in [0.05, 0.1) is 0 Å². The summed E-state index contributed by atoms with van der Waals surface area (Å²) < 4.78 is 0. The molecule has 0 aliphatic rings. The molecule has 0 saturated carbocycles. The van der Waals surface area contributed by atoms with Crippen molar-refractivity contribution in [3.63, 3.8) is 0 Å². The number of aromatic nitrogens is 1. The van der Waals surface area contributed by atoms with E-state index < -0.39 is 0 Å². The summed E-state index contributed by atoms with van der Waals surface area (Å²) in [4.78, 5) is 3.55. The third-order valence-electron chi connectivity index (χ3n) is 4.68. The molecule has 4 N–H and O–H groups in total. The van der Waals surface area contributed by atoms with Crippen molar-refractivity contribution in [3.8, 4) is 17.0 Å². The van der Waals surface area contributed by atoms with E-state index >= 15 is 0 Å². The zero-order valence-corrected chi connectivity index (χ0v) is 16.3. The van der Waals surface area contributed by atoms with Gasteiger partial charge in [-0.2, -0.15) is 0 Å². The van der Waals surface area contributed by atoms with Gasteiger partial charge in [-0.1, -0.05) is 27.7 Å². The number of fused-ring (bicyclic) bond motifs is 1.